The molecule has 6 atom stereocenters. The molecule has 0 saturated carbocycles. The minimum atomic E-state index is -5.07. The van der Waals surface area contributed by atoms with Crippen molar-refractivity contribution in [1.29, 1.82) is 0 Å². The van der Waals surface area contributed by atoms with E-state index in [-0.39, 0.29) is 19.6 Å². The van der Waals surface area contributed by atoms with Gasteiger partial charge < -0.3 is 34.3 Å². The molecule has 0 amide bonds. The molecule has 1 rings (SSSR count). The van der Waals surface area contributed by atoms with E-state index in [1.165, 1.54) is 64.2 Å². The van der Waals surface area contributed by atoms with Crippen molar-refractivity contribution < 1.29 is 56.2 Å². The van der Waals surface area contributed by atoms with Crippen molar-refractivity contribution in [3.05, 3.63) is 85.1 Å². The largest absolute Gasteiger partial charge is 0.457 e. The molecular weight excluding hydrogens is 849 g/mol. The third-order valence-electron chi connectivity index (χ3n) is 10.8. The quantitative estimate of drug-likeness (QED) is 0.0197. The van der Waals surface area contributed by atoms with E-state index >= 15 is 0 Å². The Kier molecular flexibility index (Phi) is 39.5. The van der Waals surface area contributed by atoms with Crippen LogP contribution in [0.4, 0.5) is 0 Å². The minimum Gasteiger partial charge on any atom is -0.457 e. The van der Waals surface area contributed by atoms with Crippen LogP contribution in [0.25, 0.3) is 0 Å². The molecule has 12 nitrogen and oxygen atoms in total. The molecule has 0 aromatic heterocycles. The monoisotopic (exact) mass is 937 g/mol. The summed E-state index contributed by atoms with van der Waals surface area (Å²) in [4.78, 5) is 12.9. The van der Waals surface area contributed by atoms with Crippen LogP contribution in [0.15, 0.2) is 85.1 Å². The number of rotatable bonds is 42. The van der Waals surface area contributed by atoms with Crippen LogP contribution in [-0.4, -0.2) is 97.5 Å². The fourth-order valence-corrected chi connectivity index (χ4v) is 7.57. The Bertz CT molecular complexity index is 1450. The average molecular weight is 937 g/mol. The molecule has 0 aliphatic carbocycles. The maximum atomic E-state index is 12.9. The smallest absolute Gasteiger partial charge is 0.397 e. The maximum absolute atomic E-state index is 12.9. The first-order chi connectivity index (χ1) is 31.6. The van der Waals surface area contributed by atoms with E-state index in [4.69, 9.17) is 18.9 Å². The molecule has 1 aliphatic heterocycles. The summed E-state index contributed by atoms with van der Waals surface area (Å²) in [7, 11) is -5.07. The van der Waals surface area contributed by atoms with Crippen LogP contribution in [0.5, 0.6) is 0 Å². The number of hydrogen-bond donors (Lipinski definition) is 4. The first-order valence-electron chi connectivity index (χ1n) is 24.8. The number of ether oxygens (including phenoxy) is 4. The third kappa shape index (κ3) is 36.1. The summed E-state index contributed by atoms with van der Waals surface area (Å²) in [5.74, 6) is -0.417. The number of unbranched alkanes of at least 4 members (excludes halogenated alkanes) is 15. The zero-order valence-corrected chi connectivity index (χ0v) is 40.8. The van der Waals surface area contributed by atoms with Crippen molar-refractivity contribution in [3.63, 3.8) is 0 Å². The molecule has 1 aliphatic rings. The second-order valence-electron chi connectivity index (χ2n) is 16.7. The van der Waals surface area contributed by atoms with Gasteiger partial charge in [-0.25, -0.2) is 4.18 Å². The molecule has 0 radical (unpaired) electrons. The number of aliphatic hydroxyl groups is 3. The summed E-state index contributed by atoms with van der Waals surface area (Å²) >= 11 is 0. The molecule has 0 spiro atoms. The van der Waals surface area contributed by atoms with Gasteiger partial charge in [-0.15, -0.1) is 0 Å². The summed E-state index contributed by atoms with van der Waals surface area (Å²) in [6.45, 7) is 3.76. The van der Waals surface area contributed by atoms with Gasteiger partial charge in [0.25, 0.3) is 0 Å². The van der Waals surface area contributed by atoms with Crippen LogP contribution < -0.4 is 0 Å². The molecule has 0 bridgehead atoms. The predicted octanol–water partition coefficient (Wildman–Crippen LogP) is 11.2. The van der Waals surface area contributed by atoms with E-state index in [9.17, 15) is 33.1 Å². The second kappa shape index (κ2) is 42.6. The molecule has 1 fully saturated rings. The van der Waals surface area contributed by atoms with Crippen LogP contribution in [0, 0.1) is 0 Å². The van der Waals surface area contributed by atoms with Crippen molar-refractivity contribution in [2.75, 3.05) is 26.4 Å². The summed E-state index contributed by atoms with van der Waals surface area (Å²) in [5.41, 5.74) is 0. The summed E-state index contributed by atoms with van der Waals surface area (Å²) < 4.78 is 59.1. The van der Waals surface area contributed by atoms with Crippen molar-refractivity contribution in [1.82, 2.24) is 0 Å². The van der Waals surface area contributed by atoms with Gasteiger partial charge in [0, 0.05) is 13.0 Å². The molecule has 1 heterocycles. The standard InChI is InChI=1S/C52H88O12S/c1-3-5-7-9-11-13-15-17-19-20-21-22-23-24-25-26-27-28-30-32-34-36-38-40-42-60-44-46(45-61-52-50(56)51(64-65(57,58)59)49(55)47(43-53)63-52)62-48(54)41-39-37-35-33-31-29-18-16-14-12-10-8-6-4-2/h5,7,11,13,17,19,21-22,24-25,27-28,32,34,46-47,49-53,55-56H,3-4,6,8-10,12,14-16,18,20,23,26,29-31,33,35-45H2,1-2H3,(H,57,58,59)/b7-5-,13-11-,19-17-,22-21-,25-24-,28-27-,34-32-. The Labute approximate surface area is 393 Å². The van der Waals surface area contributed by atoms with Crippen LogP contribution in [-0.2, 0) is 38.3 Å². The number of carbonyl (C=O) groups excluding carboxylic acids is 1. The van der Waals surface area contributed by atoms with Gasteiger partial charge in [0.15, 0.2) is 6.29 Å². The molecule has 4 N–H and O–H groups in total. The number of esters is 1. The van der Waals surface area contributed by atoms with E-state index in [0.29, 0.717) is 13.0 Å². The van der Waals surface area contributed by atoms with E-state index in [2.05, 4.69) is 103 Å². The second-order valence-corrected chi connectivity index (χ2v) is 17.7. The van der Waals surface area contributed by atoms with Gasteiger partial charge >= 0.3 is 16.4 Å². The van der Waals surface area contributed by atoms with E-state index in [1.807, 2.05) is 0 Å². The molecule has 6 unspecified atom stereocenters. The van der Waals surface area contributed by atoms with E-state index in [0.717, 1.165) is 83.5 Å². The third-order valence-corrected chi connectivity index (χ3v) is 11.2. The number of hydrogen-bond acceptors (Lipinski definition) is 11. The Morgan fingerprint density at radius 3 is 1.52 bits per heavy atom. The predicted molar refractivity (Wildman–Crippen MR) is 262 cm³/mol. The number of aliphatic hydroxyl groups excluding tert-OH is 3. The highest BCUT2D eigenvalue weighted by molar-refractivity contribution is 7.80. The van der Waals surface area contributed by atoms with Crippen molar-refractivity contribution >= 4 is 16.4 Å². The first-order valence-corrected chi connectivity index (χ1v) is 26.2. The summed E-state index contributed by atoms with van der Waals surface area (Å²) in [5, 5.41) is 30.7. The zero-order chi connectivity index (χ0) is 47.5. The van der Waals surface area contributed by atoms with Crippen molar-refractivity contribution in [2.24, 2.45) is 0 Å². The van der Waals surface area contributed by atoms with Crippen LogP contribution in [0.3, 0.4) is 0 Å². The van der Waals surface area contributed by atoms with Crippen molar-refractivity contribution in [3.8, 4) is 0 Å². The Balaban J connectivity index is 2.42. The molecular formula is C52H88O12S. The van der Waals surface area contributed by atoms with Crippen LogP contribution >= 0.6 is 0 Å². The van der Waals surface area contributed by atoms with Gasteiger partial charge in [-0.3, -0.25) is 9.35 Å². The van der Waals surface area contributed by atoms with Crippen molar-refractivity contribution in [2.45, 2.75) is 211 Å². The first kappa shape index (κ1) is 60.3. The lowest BCUT2D eigenvalue weighted by atomic mass is 9.99. The Morgan fingerprint density at radius 2 is 1.06 bits per heavy atom. The van der Waals surface area contributed by atoms with E-state index < -0.39 is 59.8 Å². The lowest BCUT2D eigenvalue weighted by molar-refractivity contribution is -0.301. The SMILES string of the molecule is CC/C=C\C/C=C\C/C=C\C/C=C\C/C=C\C/C=C\C/C=C\CCCCOCC(COC1OC(CO)C(O)C(OS(=O)(=O)O)C1O)OC(=O)CCCCCCCCCCCCCCCC. The van der Waals surface area contributed by atoms with Gasteiger partial charge in [-0.2, -0.15) is 8.42 Å². The van der Waals surface area contributed by atoms with Gasteiger partial charge in [0.05, 0.1) is 19.8 Å². The normalized spacial score (nSPS) is 20.4. The van der Waals surface area contributed by atoms with E-state index in [1.54, 1.807) is 0 Å². The molecule has 13 heteroatoms. The highest BCUT2D eigenvalue weighted by Crippen LogP contribution is 2.26. The van der Waals surface area contributed by atoms with Gasteiger partial charge in [-0.1, -0.05) is 182 Å². The maximum Gasteiger partial charge on any atom is 0.397 e. The Hall–Kier alpha value is -2.72. The molecule has 374 valence electrons. The lowest BCUT2D eigenvalue weighted by Crippen LogP contribution is -2.60. The molecule has 0 aromatic carbocycles. The zero-order valence-electron chi connectivity index (χ0n) is 40.0. The van der Waals surface area contributed by atoms with Gasteiger partial charge in [0.1, 0.15) is 30.5 Å². The summed E-state index contributed by atoms with van der Waals surface area (Å²) in [6, 6.07) is 0. The molecule has 1 saturated heterocycles. The molecule has 0 aromatic rings. The Morgan fingerprint density at radius 1 is 0.600 bits per heavy atom. The molecule has 65 heavy (non-hydrogen) atoms. The van der Waals surface area contributed by atoms with Gasteiger partial charge in [-0.05, 0) is 70.6 Å². The lowest BCUT2D eigenvalue weighted by Gasteiger charge is -2.41. The number of allylic oxidation sites excluding steroid dienone is 14. The highest BCUT2D eigenvalue weighted by atomic mass is 32.3. The number of carbonyl (C=O) groups is 1. The highest BCUT2D eigenvalue weighted by Gasteiger charge is 2.48. The topological polar surface area (TPSA) is 178 Å². The average Bonchev–Trinajstić information content (AvgIpc) is 3.28. The fraction of sp³-hybridized carbons (Fsp3) is 0.712. The minimum absolute atomic E-state index is 0.00280. The fourth-order valence-electron chi connectivity index (χ4n) is 7.06. The summed E-state index contributed by atoms with van der Waals surface area (Å²) in [6.07, 6.45) is 47.6. The van der Waals surface area contributed by atoms with Crippen LogP contribution in [0.1, 0.15) is 174 Å². The van der Waals surface area contributed by atoms with Crippen LogP contribution in [0.2, 0.25) is 0 Å². The van der Waals surface area contributed by atoms with Gasteiger partial charge in [0.2, 0.25) is 0 Å².